The van der Waals surface area contributed by atoms with Crippen molar-refractivity contribution in [2.24, 2.45) is 7.05 Å². The number of nitrogens with zero attached hydrogens (tertiary/aromatic N) is 4. The van der Waals surface area contributed by atoms with E-state index >= 15 is 0 Å². The van der Waals surface area contributed by atoms with Gasteiger partial charge in [0, 0.05) is 24.9 Å². The molecule has 0 saturated heterocycles. The van der Waals surface area contributed by atoms with E-state index in [1.807, 2.05) is 0 Å². The minimum absolute atomic E-state index is 0.117. The van der Waals surface area contributed by atoms with Gasteiger partial charge in [0.25, 0.3) is 5.56 Å². The zero-order chi connectivity index (χ0) is 18.4. The molecule has 1 N–H and O–H groups in total. The molecule has 4 rings (SSSR count). The molecule has 9 nitrogen and oxygen atoms in total. The lowest BCUT2D eigenvalue weighted by Crippen LogP contribution is -2.35. The minimum Gasteiger partial charge on any atom is -0.497 e. The molecule has 26 heavy (non-hydrogen) atoms. The van der Waals surface area contributed by atoms with E-state index in [-0.39, 0.29) is 17.9 Å². The fourth-order valence-corrected chi connectivity index (χ4v) is 3.39. The van der Waals surface area contributed by atoms with Crippen molar-refractivity contribution in [2.45, 2.75) is 12.3 Å². The Kier molecular flexibility index (Phi) is 3.64. The lowest BCUT2D eigenvalue weighted by atomic mass is 9.86. The number of carbonyl (C=O) groups excluding carboxylic acids is 1. The first-order valence-electron chi connectivity index (χ1n) is 7.99. The van der Waals surface area contributed by atoms with E-state index in [9.17, 15) is 9.59 Å². The van der Waals surface area contributed by atoms with Gasteiger partial charge in [0.1, 0.15) is 23.6 Å². The second-order valence-electron chi connectivity index (χ2n) is 6.01. The Morgan fingerprint density at radius 3 is 2.77 bits per heavy atom. The van der Waals surface area contributed by atoms with Gasteiger partial charge in [-0.3, -0.25) is 14.2 Å². The summed E-state index contributed by atoms with van der Waals surface area (Å²) in [5.41, 5.74) is 0.909. The van der Waals surface area contributed by atoms with Crippen molar-refractivity contribution >= 4 is 17.5 Å². The van der Waals surface area contributed by atoms with Crippen molar-refractivity contribution in [1.82, 2.24) is 19.2 Å². The summed E-state index contributed by atoms with van der Waals surface area (Å²) in [5.74, 6) is 1.19. The number of carbonyl (C=O) groups is 1. The maximum absolute atomic E-state index is 13.0. The monoisotopic (exact) mass is 355 g/mol. The van der Waals surface area contributed by atoms with Crippen molar-refractivity contribution < 1.29 is 14.3 Å². The first-order chi connectivity index (χ1) is 12.5. The summed E-state index contributed by atoms with van der Waals surface area (Å²) < 4.78 is 13.7. The van der Waals surface area contributed by atoms with E-state index in [2.05, 4.69) is 15.4 Å². The number of nitrogens with one attached hydrogen (secondary N) is 1. The summed E-state index contributed by atoms with van der Waals surface area (Å²) in [5, 5.41) is 6.91. The molecule has 0 bridgehead atoms. The van der Waals surface area contributed by atoms with Gasteiger partial charge in [-0.05, 0) is 18.2 Å². The number of hydrogen-bond acceptors (Lipinski definition) is 6. The van der Waals surface area contributed by atoms with Crippen LogP contribution in [0.2, 0.25) is 0 Å². The first kappa shape index (κ1) is 16.1. The molecule has 0 unspecified atom stereocenters. The van der Waals surface area contributed by atoms with Gasteiger partial charge in [0.15, 0.2) is 0 Å². The lowest BCUT2D eigenvalue weighted by molar-refractivity contribution is -0.116. The van der Waals surface area contributed by atoms with Crippen LogP contribution in [-0.4, -0.2) is 39.3 Å². The second-order valence-corrected chi connectivity index (χ2v) is 6.01. The van der Waals surface area contributed by atoms with E-state index in [0.717, 1.165) is 0 Å². The fraction of sp³-hybridized carbons (Fsp3) is 0.294. The number of methoxy groups -OCH3 is 2. The molecule has 1 amide bonds. The molecule has 0 saturated carbocycles. The largest absolute Gasteiger partial charge is 0.497 e. The zero-order valence-corrected chi connectivity index (χ0v) is 14.5. The van der Waals surface area contributed by atoms with Crippen LogP contribution < -0.4 is 20.3 Å². The van der Waals surface area contributed by atoms with Gasteiger partial charge < -0.3 is 14.8 Å². The molecule has 0 spiro atoms. The SMILES string of the molecule is COc1ccc(OC)c([C@@H]2CC(=O)Nc3c2c(=O)n(C)c2ncnn32)c1. The third kappa shape index (κ3) is 2.24. The van der Waals surface area contributed by atoms with Crippen LogP contribution >= 0.6 is 0 Å². The molecule has 1 aliphatic heterocycles. The standard InChI is InChI=1S/C17H17N5O4/c1-21-16(24)14-11(10-6-9(25-2)4-5-12(10)26-3)7-13(23)20-15(14)22-17(21)18-8-19-22/h4-6,8,11H,7H2,1-3H3,(H,20,23)/t11-/m0/s1. The quantitative estimate of drug-likeness (QED) is 0.750. The number of fused-ring (bicyclic) bond motifs is 3. The molecule has 1 atom stereocenters. The number of rotatable bonds is 3. The number of aromatic nitrogens is 4. The Hall–Kier alpha value is -3.36. The zero-order valence-electron chi connectivity index (χ0n) is 14.5. The van der Waals surface area contributed by atoms with Crippen molar-refractivity contribution in [3.63, 3.8) is 0 Å². The highest BCUT2D eigenvalue weighted by atomic mass is 16.5. The van der Waals surface area contributed by atoms with Crippen LogP contribution in [0, 0.1) is 0 Å². The molecule has 134 valence electrons. The summed E-state index contributed by atoms with van der Waals surface area (Å²) >= 11 is 0. The molecular weight excluding hydrogens is 338 g/mol. The average molecular weight is 355 g/mol. The third-order valence-electron chi connectivity index (χ3n) is 4.64. The normalized spacial score (nSPS) is 16.3. The summed E-state index contributed by atoms with van der Waals surface area (Å²) in [7, 11) is 4.74. The summed E-state index contributed by atoms with van der Waals surface area (Å²) in [6.45, 7) is 0. The van der Waals surface area contributed by atoms with E-state index in [4.69, 9.17) is 9.47 Å². The Morgan fingerprint density at radius 2 is 2.04 bits per heavy atom. The third-order valence-corrected chi connectivity index (χ3v) is 4.64. The first-order valence-corrected chi connectivity index (χ1v) is 7.99. The summed E-state index contributed by atoms with van der Waals surface area (Å²) in [6, 6.07) is 5.32. The van der Waals surface area contributed by atoms with Gasteiger partial charge in [-0.2, -0.15) is 14.6 Å². The summed E-state index contributed by atoms with van der Waals surface area (Å²) in [6.07, 6.45) is 1.46. The van der Waals surface area contributed by atoms with E-state index in [1.54, 1.807) is 39.5 Å². The molecule has 3 heterocycles. The molecular formula is C17H17N5O4. The highest BCUT2D eigenvalue weighted by Crippen LogP contribution is 2.40. The van der Waals surface area contributed by atoms with Crippen LogP contribution in [0.4, 0.5) is 5.82 Å². The van der Waals surface area contributed by atoms with Crippen molar-refractivity contribution in [1.29, 1.82) is 0 Å². The van der Waals surface area contributed by atoms with Crippen LogP contribution in [0.15, 0.2) is 29.3 Å². The second kappa shape index (κ2) is 5.87. The molecule has 2 aromatic heterocycles. The van der Waals surface area contributed by atoms with Gasteiger partial charge in [-0.25, -0.2) is 0 Å². The molecule has 0 radical (unpaired) electrons. The molecule has 1 aromatic carbocycles. The highest BCUT2D eigenvalue weighted by Gasteiger charge is 2.34. The molecule has 9 heteroatoms. The number of amides is 1. The van der Waals surface area contributed by atoms with Gasteiger partial charge >= 0.3 is 0 Å². The van der Waals surface area contributed by atoms with E-state index in [0.29, 0.717) is 34.2 Å². The molecule has 0 aliphatic carbocycles. The summed E-state index contributed by atoms with van der Waals surface area (Å²) in [4.78, 5) is 29.5. The van der Waals surface area contributed by atoms with Crippen LogP contribution in [0.3, 0.4) is 0 Å². The number of aryl methyl sites for hydroxylation is 1. The number of hydrogen-bond donors (Lipinski definition) is 1. The molecule has 0 fully saturated rings. The van der Waals surface area contributed by atoms with E-state index < -0.39 is 5.92 Å². The van der Waals surface area contributed by atoms with Crippen LogP contribution in [0.5, 0.6) is 11.5 Å². The number of benzene rings is 1. The fourth-order valence-electron chi connectivity index (χ4n) is 3.39. The van der Waals surface area contributed by atoms with Crippen LogP contribution in [-0.2, 0) is 11.8 Å². The topological polar surface area (TPSA) is 99.8 Å². The Bertz CT molecular complexity index is 1080. The maximum Gasteiger partial charge on any atom is 0.260 e. The lowest BCUT2D eigenvalue weighted by Gasteiger charge is -2.27. The number of ether oxygens (including phenoxy) is 2. The average Bonchev–Trinajstić information content (AvgIpc) is 3.15. The van der Waals surface area contributed by atoms with Crippen LogP contribution in [0.25, 0.3) is 5.78 Å². The Balaban J connectivity index is 2.04. The highest BCUT2D eigenvalue weighted by molar-refractivity contribution is 5.94. The maximum atomic E-state index is 13.0. The minimum atomic E-state index is -0.490. The Labute approximate surface area is 148 Å². The van der Waals surface area contributed by atoms with Gasteiger partial charge in [-0.15, -0.1) is 0 Å². The van der Waals surface area contributed by atoms with Gasteiger partial charge in [0.2, 0.25) is 11.7 Å². The van der Waals surface area contributed by atoms with Gasteiger partial charge in [0.05, 0.1) is 19.8 Å². The predicted octanol–water partition coefficient (Wildman–Crippen LogP) is 0.919. The van der Waals surface area contributed by atoms with Crippen molar-refractivity contribution in [3.05, 3.63) is 46.0 Å². The van der Waals surface area contributed by atoms with E-state index in [1.165, 1.54) is 15.4 Å². The smallest absolute Gasteiger partial charge is 0.260 e. The van der Waals surface area contributed by atoms with Crippen molar-refractivity contribution in [2.75, 3.05) is 19.5 Å². The van der Waals surface area contributed by atoms with Crippen LogP contribution in [0.1, 0.15) is 23.5 Å². The molecule has 1 aliphatic rings. The predicted molar refractivity (Wildman–Crippen MR) is 92.9 cm³/mol. The van der Waals surface area contributed by atoms with Crippen molar-refractivity contribution in [3.8, 4) is 11.5 Å². The Morgan fingerprint density at radius 1 is 1.23 bits per heavy atom. The molecule has 3 aromatic rings. The van der Waals surface area contributed by atoms with Gasteiger partial charge in [-0.1, -0.05) is 0 Å². The number of anilines is 1.